The number of halogens is 2. The number of nitrogens with one attached hydrogen (secondary N) is 1. The highest BCUT2D eigenvalue weighted by Crippen LogP contribution is 2.30. The van der Waals surface area contributed by atoms with E-state index in [-0.39, 0.29) is 34.0 Å². The van der Waals surface area contributed by atoms with Crippen molar-refractivity contribution in [1.29, 1.82) is 0 Å². The van der Waals surface area contributed by atoms with Crippen LogP contribution in [0.15, 0.2) is 29.9 Å². The lowest BCUT2D eigenvalue weighted by Gasteiger charge is -2.20. The van der Waals surface area contributed by atoms with Gasteiger partial charge >= 0.3 is 0 Å². The third kappa shape index (κ3) is 4.08. The van der Waals surface area contributed by atoms with E-state index in [1.807, 2.05) is 24.5 Å². The van der Waals surface area contributed by atoms with Crippen LogP contribution in [-0.4, -0.2) is 23.1 Å². The van der Waals surface area contributed by atoms with E-state index in [4.69, 9.17) is 4.98 Å². The third-order valence-corrected chi connectivity index (χ3v) is 4.19. The van der Waals surface area contributed by atoms with Crippen molar-refractivity contribution < 1.29 is 0 Å². The van der Waals surface area contributed by atoms with Gasteiger partial charge in [0.05, 0.1) is 10.7 Å². The third-order valence-electron chi connectivity index (χ3n) is 3.19. The number of rotatable bonds is 2. The van der Waals surface area contributed by atoms with Crippen LogP contribution in [0.1, 0.15) is 23.8 Å². The average molecular weight is 407 g/mol. The smallest absolute Gasteiger partial charge is 0.0964 e. The maximum Gasteiger partial charge on any atom is 0.0964 e. The molecule has 1 aliphatic heterocycles. The second-order valence-electron chi connectivity index (χ2n) is 4.33. The molecule has 6 heteroatoms. The Morgan fingerprint density at radius 1 is 1.11 bits per heavy atom. The second-order valence-corrected chi connectivity index (χ2v) is 5.22. The van der Waals surface area contributed by atoms with Crippen molar-refractivity contribution in [2.24, 2.45) is 0 Å². The summed E-state index contributed by atoms with van der Waals surface area (Å²) in [5.41, 5.74) is 2.25. The predicted octanol–water partition coefficient (Wildman–Crippen LogP) is 3.83. The first kappa shape index (κ1) is 16.8. The van der Waals surface area contributed by atoms with Crippen molar-refractivity contribution in [2.75, 3.05) is 13.1 Å². The van der Waals surface area contributed by atoms with Crippen LogP contribution in [0.3, 0.4) is 0 Å². The standard InChI is InChI=1S/C13H15N3S.2BrH/c1-5-14-6-2-10(1)12-9-17-13(16-12)11-3-7-15-8-4-11;;/h1-2,5-6,9,11,15H,3-4,7-8H2;2*1H. The average Bonchev–Trinajstić information content (AvgIpc) is 2.90. The van der Waals surface area contributed by atoms with Gasteiger partial charge in [0.1, 0.15) is 0 Å². The van der Waals surface area contributed by atoms with Crippen LogP contribution in [0.5, 0.6) is 0 Å². The lowest BCUT2D eigenvalue weighted by Crippen LogP contribution is -2.26. The highest BCUT2D eigenvalue weighted by Gasteiger charge is 2.18. The first-order valence-corrected chi connectivity index (χ1v) is 6.88. The maximum atomic E-state index is 4.77. The Morgan fingerprint density at radius 2 is 1.79 bits per heavy atom. The molecule has 0 radical (unpaired) electrons. The van der Waals surface area contributed by atoms with E-state index < -0.39 is 0 Å². The van der Waals surface area contributed by atoms with Crippen molar-refractivity contribution in [3.8, 4) is 11.3 Å². The molecule has 1 aliphatic rings. The number of piperidine rings is 1. The van der Waals surface area contributed by atoms with Gasteiger partial charge in [0.25, 0.3) is 0 Å². The maximum absolute atomic E-state index is 4.77. The zero-order valence-electron chi connectivity index (χ0n) is 10.4. The summed E-state index contributed by atoms with van der Waals surface area (Å²) >= 11 is 1.79. The summed E-state index contributed by atoms with van der Waals surface area (Å²) in [6.45, 7) is 2.24. The van der Waals surface area contributed by atoms with Gasteiger partial charge in [-0.25, -0.2) is 4.98 Å². The van der Waals surface area contributed by atoms with E-state index in [0.29, 0.717) is 5.92 Å². The molecule has 0 aliphatic carbocycles. The molecular weight excluding hydrogens is 390 g/mol. The van der Waals surface area contributed by atoms with Crippen molar-refractivity contribution in [3.05, 3.63) is 34.9 Å². The minimum Gasteiger partial charge on any atom is -0.317 e. The number of pyridine rings is 1. The van der Waals surface area contributed by atoms with Crippen molar-refractivity contribution in [3.63, 3.8) is 0 Å². The molecule has 3 nitrogen and oxygen atoms in total. The minimum atomic E-state index is 0. The summed E-state index contributed by atoms with van der Waals surface area (Å²) < 4.78 is 0. The number of hydrogen-bond donors (Lipinski definition) is 1. The molecule has 2 aromatic rings. The monoisotopic (exact) mass is 405 g/mol. The highest BCUT2D eigenvalue weighted by molar-refractivity contribution is 8.93. The molecule has 0 amide bonds. The molecule has 1 fully saturated rings. The normalized spacial score (nSPS) is 15.4. The fourth-order valence-electron chi connectivity index (χ4n) is 2.20. The summed E-state index contributed by atoms with van der Waals surface area (Å²) in [5.74, 6) is 0.650. The zero-order valence-corrected chi connectivity index (χ0v) is 14.7. The number of aromatic nitrogens is 2. The number of nitrogens with zero attached hydrogens (tertiary/aromatic N) is 2. The fourth-order valence-corrected chi connectivity index (χ4v) is 3.20. The Kier molecular flexibility index (Phi) is 7.13. The van der Waals surface area contributed by atoms with Crippen LogP contribution < -0.4 is 5.32 Å². The van der Waals surface area contributed by atoms with Gasteiger partial charge in [-0.1, -0.05) is 0 Å². The predicted molar refractivity (Wildman–Crippen MR) is 90.8 cm³/mol. The summed E-state index contributed by atoms with van der Waals surface area (Å²) in [6.07, 6.45) is 6.06. The van der Waals surface area contributed by atoms with Crippen LogP contribution in [0.4, 0.5) is 0 Å². The van der Waals surface area contributed by atoms with Gasteiger partial charge in [-0.3, -0.25) is 4.98 Å². The Morgan fingerprint density at radius 3 is 2.47 bits per heavy atom. The molecule has 19 heavy (non-hydrogen) atoms. The van der Waals surface area contributed by atoms with Gasteiger partial charge in [0.2, 0.25) is 0 Å². The van der Waals surface area contributed by atoms with Gasteiger partial charge in [-0.2, -0.15) is 0 Å². The molecule has 1 N–H and O–H groups in total. The van der Waals surface area contributed by atoms with E-state index in [0.717, 1.165) is 24.3 Å². The topological polar surface area (TPSA) is 37.8 Å². The Labute approximate surface area is 138 Å². The quantitative estimate of drug-likeness (QED) is 0.823. The minimum absolute atomic E-state index is 0. The van der Waals surface area contributed by atoms with E-state index in [1.54, 1.807) is 11.3 Å². The van der Waals surface area contributed by atoms with Gasteiger partial charge < -0.3 is 5.32 Å². The van der Waals surface area contributed by atoms with Gasteiger partial charge in [-0.05, 0) is 38.1 Å². The van der Waals surface area contributed by atoms with Crippen molar-refractivity contribution in [2.45, 2.75) is 18.8 Å². The molecule has 0 aromatic carbocycles. The Hall–Kier alpha value is -0.300. The molecule has 0 bridgehead atoms. The summed E-state index contributed by atoms with van der Waals surface area (Å²) in [6, 6.07) is 4.03. The van der Waals surface area contributed by atoms with Crippen molar-refractivity contribution >= 4 is 45.3 Å². The Bertz CT molecular complexity index is 484. The highest BCUT2D eigenvalue weighted by atomic mass is 79.9. The van der Waals surface area contributed by atoms with Gasteiger partial charge in [0, 0.05) is 29.3 Å². The van der Waals surface area contributed by atoms with E-state index in [2.05, 4.69) is 15.7 Å². The fraction of sp³-hybridized carbons (Fsp3) is 0.385. The van der Waals surface area contributed by atoms with Gasteiger partial charge in [0.15, 0.2) is 0 Å². The van der Waals surface area contributed by atoms with E-state index in [1.165, 1.54) is 17.8 Å². The van der Waals surface area contributed by atoms with Crippen LogP contribution in [0.25, 0.3) is 11.3 Å². The number of hydrogen-bond acceptors (Lipinski definition) is 4. The first-order chi connectivity index (χ1) is 8.43. The van der Waals surface area contributed by atoms with Crippen LogP contribution in [-0.2, 0) is 0 Å². The molecule has 3 heterocycles. The van der Waals surface area contributed by atoms with Crippen LogP contribution in [0, 0.1) is 0 Å². The molecule has 104 valence electrons. The molecule has 2 aromatic heterocycles. The Balaban J connectivity index is 0.000000902. The molecule has 0 saturated carbocycles. The summed E-state index contributed by atoms with van der Waals surface area (Å²) in [5, 5.41) is 6.84. The van der Waals surface area contributed by atoms with Crippen molar-refractivity contribution in [1.82, 2.24) is 15.3 Å². The molecular formula is C13H17Br2N3S. The van der Waals surface area contributed by atoms with Crippen LogP contribution >= 0.6 is 45.3 Å². The largest absolute Gasteiger partial charge is 0.317 e. The van der Waals surface area contributed by atoms with E-state index in [9.17, 15) is 0 Å². The molecule has 0 spiro atoms. The SMILES string of the molecule is Br.Br.c1cc(-c2csc(C3CCNCC3)n2)ccn1. The molecule has 0 atom stereocenters. The number of thiazole rings is 1. The molecule has 1 saturated heterocycles. The van der Waals surface area contributed by atoms with E-state index >= 15 is 0 Å². The molecule has 3 rings (SSSR count). The zero-order chi connectivity index (χ0) is 11.5. The lowest BCUT2D eigenvalue weighted by atomic mass is 9.99. The second kappa shape index (κ2) is 8.09. The molecule has 0 unspecified atom stereocenters. The first-order valence-electron chi connectivity index (χ1n) is 6.00. The summed E-state index contributed by atoms with van der Waals surface area (Å²) in [4.78, 5) is 8.80. The van der Waals surface area contributed by atoms with Crippen LogP contribution in [0.2, 0.25) is 0 Å². The summed E-state index contributed by atoms with van der Waals surface area (Å²) in [7, 11) is 0. The lowest BCUT2D eigenvalue weighted by molar-refractivity contribution is 0.459. The van der Waals surface area contributed by atoms with Gasteiger partial charge in [-0.15, -0.1) is 45.3 Å².